The number of benzene rings is 2. The van der Waals surface area contributed by atoms with Gasteiger partial charge in [-0.2, -0.15) is 0 Å². The number of likely N-dealkylation sites (tertiary alicyclic amines) is 1. The smallest absolute Gasteiger partial charge is 0.260 e. The van der Waals surface area contributed by atoms with Crippen LogP contribution in [0.5, 0.6) is 5.75 Å². The Morgan fingerprint density at radius 2 is 1.67 bits per heavy atom. The van der Waals surface area contributed by atoms with Crippen LogP contribution in [0.2, 0.25) is 5.02 Å². The van der Waals surface area contributed by atoms with Crippen LogP contribution in [0.3, 0.4) is 0 Å². The number of nitrogens with zero attached hydrogens (tertiary/aromatic N) is 1. The van der Waals surface area contributed by atoms with Gasteiger partial charge in [-0.05, 0) is 55.5 Å². The molecule has 1 aliphatic rings. The minimum atomic E-state index is -0.585. The molecule has 0 aromatic heterocycles. The lowest BCUT2D eigenvalue weighted by Crippen LogP contribution is -2.49. The Hall–Kier alpha value is -2.53. The molecule has 1 aliphatic heterocycles. The molecule has 160 valence electrons. The molecule has 1 heterocycles. The third-order valence-corrected chi connectivity index (χ3v) is 5.79. The number of ether oxygens (including phenoxy) is 1. The molecule has 0 spiro atoms. The number of hydrogen-bond acceptors (Lipinski definition) is 3. The predicted molar refractivity (Wildman–Crippen MR) is 119 cm³/mol. The summed E-state index contributed by atoms with van der Waals surface area (Å²) in [7, 11) is 0. The summed E-state index contributed by atoms with van der Waals surface area (Å²) in [6.07, 6.45) is 0.827. The van der Waals surface area contributed by atoms with Gasteiger partial charge in [-0.1, -0.05) is 49.7 Å². The van der Waals surface area contributed by atoms with E-state index in [1.165, 1.54) is 5.56 Å². The molecule has 1 fully saturated rings. The molecule has 0 bridgehead atoms. The number of hydrogen-bond donors (Lipinski definition) is 1. The van der Waals surface area contributed by atoms with E-state index >= 15 is 0 Å². The fraction of sp³-hybridized carbons (Fsp3) is 0.417. The Bertz CT molecular complexity index is 874. The second-order valence-corrected chi connectivity index (χ2v) is 8.45. The maximum atomic E-state index is 12.7. The van der Waals surface area contributed by atoms with Crippen LogP contribution in [-0.2, 0) is 4.79 Å². The highest BCUT2D eigenvalue weighted by molar-refractivity contribution is 6.33. The average Bonchev–Trinajstić information content (AvgIpc) is 2.74. The molecular formula is C24H29ClN2O3. The predicted octanol–water partition coefficient (Wildman–Crippen LogP) is 4.65. The third-order valence-electron chi connectivity index (χ3n) is 5.46. The van der Waals surface area contributed by atoms with E-state index in [4.69, 9.17) is 16.3 Å². The summed E-state index contributed by atoms with van der Waals surface area (Å²) in [5, 5.41) is 3.51. The lowest BCUT2D eigenvalue weighted by molar-refractivity contribution is -0.128. The number of carbonyl (C=O) groups is 2. The van der Waals surface area contributed by atoms with Crippen molar-refractivity contribution in [2.75, 3.05) is 13.1 Å². The zero-order chi connectivity index (χ0) is 21.7. The summed E-state index contributed by atoms with van der Waals surface area (Å²) >= 11 is 6.14. The molecule has 1 saturated heterocycles. The van der Waals surface area contributed by atoms with Crippen LogP contribution >= 0.6 is 11.6 Å². The SMILES string of the molecule is CC(Oc1ccc(C(C)C)cc1)C(=O)NC1CCN(C(=O)c2ccccc2Cl)CC1. The minimum absolute atomic E-state index is 0.0298. The Morgan fingerprint density at radius 3 is 2.27 bits per heavy atom. The molecule has 30 heavy (non-hydrogen) atoms. The summed E-state index contributed by atoms with van der Waals surface area (Å²) in [4.78, 5) is 27.0. The molecular weight excluding hydrogens is 400 g/mol. The van der Waals surface area contributed by atoms with Gasteiger partial charge in [-0.25, -0.2) is 0 Å². The van der Waals surface area contributed by atoms with Crippen LogP contribution in [0, 0.1) is 0 Å². The Morgan fingerprint density at radius 1 is 1.03 bits per heavy atom. The first-order chi connectivity index (χ1) is 14.3. The molecule has 1 atom stereocenters. The molecule has 0 radical (unpaired) electrons. The zero-order valence-corrected chi connectivity index (χ0v) is 18.5. The summed E-state index contributed by atoms with van der Waals surface area (Å²) < 4.78 is 5.79. The molecule has 2 amide bonds. The highest BCUT2D eigenvalue weighted by atomic mass is 35.5. The van der Waals surface area contributed by atoms with Crippen molar-refractivity contribution in [3.05, 3.63) is 64.7 Å². The van der Waals surface area contributed by atoms with Gasteiger partial charge in [0.1, 0.15) is 5.75 Å². The highest BCUT2D eigenvalue weighted by Crippen LogP contribution is 2.21. The van der Waals surface area contributed by atoms with E-state index in [-0.39, 0.29) is 17.9 Å². The van der Waals surface area contributed by atoms with Crippen LogP contribution in [0.4, 0.5) is 0 Å². The van der Waals surface area contributed by atoms with Crippen LogP contribution < -0.4 is 10.1 Å². The Labute approximate surface area is 183 Å². The molecule has 3 rings (SSSR count). The van der Waals surface area contributed by atoms with E-state index in [2.05, 4.69) is 19.2 Å². The molecule has 0 aliphatic carbocycles. The fourth-order valence-electron chi connectivity index (χ4n) is 3.54. The van der Waals surface area contributed by atoms with E-state index in [1.54, 1.807) is 24.0 Å². The lowest BCUT2D eigenvalue weighted by atomic mass is 10.0. The van der Waals surface area contributed by atoms with Crippen molar-refractivity contribution in [3.63, 3.8) is 0 Å². The van der Waals surface area contributed by atoms with Gasteiger partial charge >= 0.3 is 0 Å². The number of piperidine rings is 1. The number of rotatable bonds is 6. The molecule has 2 aromatic rings. The topological polar surface area (TPSA) is 58.6 Å². The highest BCUT2D eigenvalue weighted by Gasteiger charge is 2.27. The molecule has 5 nitrogen and oxygen atoms in total. The van der Waals surface area contributed by atoms with E-state index < -0.39 is 6.10 Å². The van der Waals surface area contributed by atoms with Crippen LogP contribution in [0.1, 0.15) is 55.5 Å². The van der Waals surface area contributed by atoms with Gasteiger partial charge in [0, 0.05) is 19.1 Å². The van der Waals surface area contributed by atoms with Gasteiger partial charge in [0.2, 0.25) is 0 Å². The average molecular weight is 429 g/mol. The first-order valence-corrected chi connectivity index (χ1v) is 10.8. The number of nitrogens with one attached hydrogen (secondary N) is 1. The number of halogens is 1. The molecule has 1 unspecified atom stereocenters. The van der Waals surface area contributed by atoms with Gasteiger partial charge in [-0.15, -0.1) is 0 Å². The van der Waals surface area contributed by atoms with Gasteiger partial charge in [0.15, 0.2) is 6.10 Å². The standard InChI is InChI=1S/C24H29ClN2O3/c1-16(2)18-8-10-20(11-9-18)30-17(3)23(28)26-19-12-14-27(15-13-19)24(29)21-6-4-5-7-22(21)25/h4-11,16-17,19H,12-15H2,1-3H3,(H,26,28). The maximum Gasteiger partial charge on any atom is 0.260 e. The Balaban J connectivity index is 1.47. The van der Waals surface area contributed by atoms with Crippen molar-refractivity contribution in [2.45, 2.75) is 51.7 Å². The van der Waals surface area contributed by atoms with E-state index in [9.17, 15) is 9.59 Å². The summed E-state index contributed by atoms with van der Waals surface area (Å²) in [6, 6.07) is 15.0. The lowest BCUT2D eigenvalue weighted by Gasteiger charge is -2.33. The van der Waals surface area contributed by atoms with Crippen molar-refractivity contribution < 1.29 is 14.3 Å². The van der Waals surface area contributed by atoms with Gasteiger partial charge in [0.05, 0.1) is 10.6 Å². The molecule has 6 heteroatoms. The maximum absolute atomic E-state index is 12.7. The summed E-state index contributed by atoms with van der Waals surface area (Å²) in [6.45, 7) is 7.20. The molecule has 2 aromatic carbocycles. The third kappa shape index (κ3) is 5.54. The van der Waals surface area contributed by atoms with Crippen LogP contribution in [-0.4, -0.2) is 41.9 Å². The van der Waals surface area contributed by atoms with Crippen molar-refractivity contribution >= 4 is 23.4 Å². The zero-order valence-electron chi connectivity index (χ0n) is 17.7. The first kappa shape index (κ1) is 22.2. The van der Waals surface area contributed by atoms with Crippen LogP contribution in [0.25, 0.3) is 0 Å². The van der Waals surface area contributed by atoms with E-state index in [1.807, 2.05) is 36.4 Å². The number of carbonyl (C=O) groups excluding carboxylic acids is 2. The monoisotopic (exact) mass is 428 g/mol. The number of amides is 2. The second kappa shape index (κ2) is 9.98. The van der Waals surface area contributed by atoms with Gasteiger partial charge < -0.3 is 15.0 Å². The van der Waals surface area contributed by atoms with Crippen molar-refractivity contribution in [1.29, 1.82) is 0 Å². The van der Waals surface area contributed by atoms with E-state index in [0.29, 0.717) is 48.2 Å². The van der Waals surface area contributed by atoms with Crippen LogP contribution in [0.15, 0.2) is 48.5 Å². The van der Waals surface area contributed by atoms with E-state index in [0.717, 1.165) is 0 Å². The normalized spacial score (nSPS) is 15.7. The van der Waals surface area contributed by atoms with Gasteiger partial charge in [0.25, 0.3) is 11.8 Å². The summed E-state index contributed by atoms with van der Waals surface area (Å²) in [5.74, 6) is 0.934. The minimum Gasteiger partial charge on any atom is -0.481 e. The quantitative estimate of drug-likeness (QED) is 0.728. The van der Waals surface area contributed by atoms with Crippen molar-refractivity contribution in [3.8, 4) is 5.75 Å². The Kier molecular flexibility index (Phi) is 7.38. The fourth-order valence-corrected chi connectivity index (χ4v) is 3.76. The molecule has 1 N–H and O–H groups in total. The van der Waals surface area contributed by atoms with Crippen molar-refractivity contribution in [1.82, 2.24) is 10.2 Å². The molecule has 0 saturated carbocycles. The van der Waals surface area contributed by atoms with Crippen molar-refractivity contribution in [2.24, 2.45) is 0 Å². The largest absolute Gasteiger partial charge is 0.481 e. The first-order valence-electron chi connectivity index (χ1n) is 10.5. The second-order valence-electron chi connectivity index (χ2n) is 8.04. The van der Waals surface area contributed by atoms with Gasteiger partial charge in [-0.3, -0.25) is 9.59 Å². The summed E-state index contributed by atoms with van der Waals surface area (Å²) in [5.41, 5.74) is 1.75.